The van der Waals surface area contributed by atoms with Crippen LogP contribution in [-0.4, -0.2) is 18.6 Å². The maximum Gasteiger partial charge on any atom is 0.573 e. The molecular weight excluding hydrogens is 292 g/mol. The lowest BCUT2D eigenvalue weighted by Crippen LogP contribution is -2.17. The lowest BCUT2D eigenvalue weighted by molar-refractivity contribution is -0.274. The van der Waals surface area contributed by atoms with E-state index in [1.165, 1.54) is 19.2 Å². The number of ether oxygens (including phenoxy) is 2. The van der Waals surface area contributed by atoms with Crippen LogP contribution >= 0.6 is 0 Å². The average molecular weight is 302 g/mol. The number of halogens is 4. The molecule has 2 rings (SSSR count). The first-order valence-electron chi connectivity index (χ1n) is 5.73. The van der Waals surface area contributed by atoms with E-state index in [1.54, 1.807) is 0 Å². The molecule has 1 N–H and O–H groups in total. The second kappa shape index (κ2) is 5.51. The molecular formula is C14H10F4O3. The molecule has 2 aromatic rings. The molecule has 0 spiro atoms. The van der Waals surface area contributed by atoms with Gasteiger partial charge in [-0.2, -0.15) is 0 Å². The van der Waals surface area contributed by atoms with Crippen LogP contribution in [-0.2, 0) is 0 Å². The zero-order valence-corrected chi connectivity index (χ0v) is 10.7. The largest absolute Gasteiger partial charge is 0.573 e. The van der Waals surface area contributed by atoms with E-state index >= 15 is 0 Å². The first-order valence-corrected chi connectivity index (χ1v) is 5.73. The zero-order chi connectivity index (χ0) is 15.6. The summed E-state index contributed by atoms with van der Waals surface area (Å²) < 4.78 is 59.7. The lowest BCUT2D eigenvalue weighted by atomic mass is 10.0. The van der Waals surface area contributed by atoms with Crippen LogP contribution in [0.15, 0.2) is 36.4 Å². The van der Waals surface area contributed by atoms with Gasteiger partial charge in [-0.25, -0.2) is 4.39 Å². The summed E-state index contributed by atoms with van der Waals surface area (Å²) >= 11 is 0. The van der Waals surface area contributed by atoms with Gasteiger partial charge in [-0.1, -0.05) is 0 Å². The number of hydrogen-bond donors (Lipinski definition) is 1. The van der Waals surface area contributed by atoms with Crippen molar-refractivity contribution in [3.63, 3.8) is 0 Å². The summed E-state index contributed by atoms with van der Waals surface area (Å²) in [6.45, 7) is 0. The van der Waals surface area contributed by atoms with Crippen LogP contribution in [0, 0.1) is 5.82 Å². The first-order chi connectivity index (χ1) is 9.80. The number of rotatable bonds is 3. The van der Waals surface area contributed by atoms with Gasteiger partial charge in [-0.3, -0.25) is 0 Å². The van der Waals surface area contributed by atoms with E-state index in [-0.39, 0.29) is 16.9 Å². The highest BCUT2D eigenvalue weighted by molar-refractivity contribution is 5.72. The molecule has 0 saturated heterocycles. The molecule has 0 aromatic heterocycles. The SMILES string of the molecule is COc1ccc(-c2ccc(O)cc2OC(F)(F)F)c(F)c1. The van der Waals surface area contributed by atoms with Gasteiger partial charge >= 0.3 is 6.36 Å². The topological polar surface area (TPSA) is 38.7 Å². The Morgan fingerprint density at radius 3 is 2.24 bits per heavy atom. The van der Waals surface area contributed by atoms with Gasteiger partial charge in [-0.15, -0.1) is 13.2 Å². The smallest absolute Gasteiger partial charge is 0.508 e. The maximum absolute atomic E-state index is 14.0. The highest BCUT2D eigenvalue weighted by Gasteiger charge is 2.32. The Kier molecular flexibility index (Phi) is 3.93. The van der Waals surface area contributed by atoms with Crippen molar-refractivity contribution in [1.29, 1.82) is 0 Å². The molecule has 0 bridgehead atoms. The molecule has 0 unspecified atom stereocenters. The van der Waals surface area contributed by atoms with Gasteiger partial charge in [-0.05, 0) is 24.3 Å². The summed E-state index contributed by atoms with van der Waals surface area (Å²) in [5, 5.41) is 9.27. The molecule has 0 atom stereocenters. The van der Waals surface area contributed by atoms with E-state index in [4.69, 9.17) is 4.74 Å². The van der Waals surface area contributed by atoms with E-state index in [1.807, 2.05) is 0 Å². The minimum atomic E-state index is -4.95. The van der Waals surface area contributed by atoms with Crippen molar-refractivity contribution in [2.75, 3.05) is 7.11 Å². The molecule has 7 heteroatoms. The minimum absolute atomic E-state index is 0.102. The highest BCUT2D eigenvalue weighted by atomic mass is 19.4. The number of hydrogen-bond acceptors (Lipinski definition) is 3. The number of phenolic OH excluding ortho intramolecular Hbond substituents is 1. The number of phenols is 1. The predicted molar refractivity (Wildman–Crippen MR) is 66.7 cm³/mol. The van der Waals surface area contributed by atoms with E-state index in [2.05, 4.69) is 4.74 Å². The maximum atomic E-state index is 14.0. The summed E-state index contributed by atoms with van der Waals surface area (Å²) in [6, 6.07) is 6.77. The zero-order valence-electron chi connectivity index (χ0n) is 10.7. The van der Waals surface area contributed by atoms with Crippen LogP contribution < -0.4 is 9.47 Å². The fourth-order valence-electron chi connectivity index (χ4n) is 1.78. The van der Waals surface area contributed by atoms with Crippen LogP contribution in [0.5, 0.6) is 17.2 Å². The predicted octanol–water partition coefficient (Wildman–Crippen LogP) is 4.11. The van der Waals surface area contributed by atoms with Crippen molar-refractivity contribution in [3.05, 3.63) is 42.2 Å². The van der Waals surface area contributed by atoms with Crippen LogP contribution in [0.4, 0.5) is 17.6 Å². The molecule has 0 amide bonds. The Balaban J connectivity index is 2.53. The Labute approximate surface area is 117 Å². The van der Waals surface area contributed by atoms with Crippen molar-refractivity contribution in [3.8, 4) is 28.4 Å². The van der Waals surface area contributed by atoms with Gasteiger partial charge in [0.15, 0.2) is 0 Å². The fraction of sp³-hybridized carbons (Fsp3) is 0.143. The van der Waals surface area contributed by atoms with E-state index in [0.717, 1.165) is 24.3 Å². The summed E-state index contributed by atoms with van der Waals surface area (Å²) in [4.78, 5) is 0. The number of benzene rings is 2. The highest BCUT2D eigenvalue weighted by Crippen LogP contribution is 2.38. The van der Waals surface area contributed by atoms with Crippen LogP contribution in [0.1, 0.15) is 0 Å². The molecule has 0 aliphatic carbocycles. The summed E-state index contributed by atoms with van der Waals surface area (Å²) in [7, 11) is 1.34. The molecule has 0 saturated carbocycles. The number of methoxy groups -OCH3 is 1. The lowest BCUT2D eigenvalue weighted by Gasteiger charge is -2.14. The standard InChI is InChI=1S/C14H10F4O3/c1-20-9-3-5-10(12(15)7-9)11-4-2-8(19)6-13(11)21-14(16,17)18/h2-7,19H,1H3. The quantitative estimate of drug-likeness (QED) is 0.867. The summed E-state index contributed by atoms with van der Waals surface area (Å²) in [6.07, 6.45) is -4.95. The molecule has 0 aliphatic rings. The minimum Gasteiger partial charge on any atom is -0.508 e. The third-order valence-electron chi connectivity index (χ3n) is 2.66. The molecule has 2 aromatic carbocycles. The van der Waals surface area contributed by atoms with E-state index < -0.39 is 23.7 Å². The Morgan fingerprint density at radius 1 is 1.00 bits per heavy atom. The monoisotopic (exact) mass is 302 g/mol. The molecule has 0 heterocycles. The second-order valence-electron chi connectivity index (χ2n) is 4.07. The third kappa shape index (κ3) is 3.56. The Bertz CT molecular complexity index is 653. The molecule has 21 heavy (non-hydrogen) atoms. The third-order valence-corrected chi connectivity index (χ3v) is 2.66. The normalized spacial score (nSPS) is 11.3. The fourth-order valence-corrected chi connectivity index (χ4v) is 1.78. The number of alkyl halides is 3. The summed E-state index contributed by atoms with van der Waals surface area (Å²) in [5.41, 5.74) is -0.236. The van der Waals surface area contributed by atoms with Crippen molar-refractivity contribution in [2.24, 2.45) is 0 Å². The molecule has 0 aliphatic heterocycles. The Morgan fingerprint density at radius 2 is 1.67 bits per heavy atom. The molecule has 0 fully saturated rings. The summed E-state index contributed by atoms with van der Waals surface area (Å²) in [5.74, 6) is -1.65. The van der Waals surface area contributed by atoms with Crippen LogP contribution in [0.3, 0.4) is 0 Å². The van der Waals surface area contributed by atoms with Crippen molar-refractivity contribution < 1.29 is 32.1 Å². The van der Waals surface area contributed by atoms with E-state index in [9.17, 15) is 22.7 Å². The average Bonchev–Trinajstić information content (AvgIpc) is 2.37. The van der Waals surface area contributed by atoms with E-state index in [0.29, 0.717) is 0 Å². The molecule has 3 nitrogen and oxygen atoms in total. The molecule has 112 valence electrons. The number of aromatic hydroxyl groups is 1. The van der Waals surface area contributed by atoms with Gasteiger partial charge < -0.3 is 14.6 Å². The van der Waals surface area contributed by atoms with Crippen LogP contribution in [0.2, 0.25) is 0 Å². The second-order valence-corrected chi connectivity index (χ2v) is 4.07. The van der Waals surface area contributed by atoms with Gasteiger partial charge in [0.25, 0.3) is 0 Å². The van der Waals surface area contributed by atoms with Gasteiger partial charge in [0.2, 0.25) is 0 Å². The van der Waals surface area contributed by atoms with Gasteiger partial charge in [0, 0.05) is 23.3 Å². The molecule has 0 radical (unpaired) electrons. The van der Waals surface area contributed by atoms with Crippen molar-refractivity contribution in [1.82, 2.24) is 0 Å². The first kappa shape index (κ1) is 15.0. The van der Waals surface area contributed by atoms with Crippen molar-refractivity contribution >= 4 is 0 Å². The van der Waals surface area contributed by atoms with Crippen molar-refractivity contribution in [2.45, 2.75) is 6.36 Å². The van der Waals surface area contributed by atoms with Gasteiger partial charge in [0.1, 0.15) is 23.1 Å². The van der Waals surface area contributed by atoms with Gasteiger partial charge in [0.05, 0.1) is 7.11 Å². The Hall–Kier alpha value is -2.44. The van der Waals surface area contributed by atoms with Crippen LogP contribution in [0.25, 0.3) is 11.1 Å².